The Hall–Kier alpha value is -2.21. The van der Waals surface area contributed by atoms with Crippen molar-refractivity contribution in [1.29, 1.82) is 0 Å². The SMILES string of the molecule is Cc1ocnc1C(=O)N1CCCN(Cc2ccc(F)cc2)C(C(C)C)C1. The molecule has 1 amide bonds. The average Bonchev–Trinajstić information content (AvgIpc) is 2.92. The monoisotopic (exact) mass is 359 g/mol. The Labute approximate surface area is 153 Å². The Morgan fingerprint density at radius 1 is 1.31 bits per heavy atom. The van der Waals surface area contributed by atoms with Crippen molar-refractivity contribution < 1.29 is 13.6 Å². The lowest BCUT2D eigenvalue weighted by Crippen LogP contribution is -2.45. The molecule has 6 heteroatoms. The zero-order chi connectivity index (χ0) is 18.7. The molecule has 26 heavy (non-hydrogen) atoms. The number of aryl methyl sites for hydroxylation is 1. The first-order chi connectivity index (χ1) is 12.5. The summed E-state index contributed by atoms with van der Waals surface area (Å²) >= 11 is 0. The fourth-order valence-electron chi connectivity index (χ4n) is 3.56. The molecule has 0 aliphatic carbocycles. The van der Waals surface area contributed by atoms with Gasteiger partial charge < -0.3 is 9.32 Å². The highest BCUT2D eigenvalue weighted by Crippen LogP contribution is 2.21. The lowest BCUT2D eigenvalue weighted by atomic mass is 10.0. The predicted molar refractivity (Wildman–Crippen MR) is 97.2 cm³/mol. The molecule has 1 aromatic heterocycles. The number of hydrogen-bond donors (Lipinski definition) is 0. The number of carbonyl (C=O) groups excluding carboxylic acids is 1. The van der Waals surface area contributed by atoms with E-state index in [9.17, 15) is 9.18 Å². The molecule has 3 rings (SSSR count). The zero-order valence-corrected chi connectivity index (χ0v) is 15.6. The van der Waals surface area contributed by atoms with Crippen molar-refractivity contribution in [3.63, 3.8) is 0 Å². The Bertz CT molecular complexity index is 742. The summed E-state index contributed by atoms with van der Waals surface area (Å²) in [5.41, 5.74) is 1.49. The highest BCUT2D eigenvalue weighted by molar-refractivity contribution is 5.93. The molecule has 0 saturated carbocycles. The number of hydrogen-bond acceptors (Lipinski definition) is 4. The maximum absolute atomic E-state index is 13.2. The standard InChI is InChI=1S/C20H26FN3O2/c1-14(2)18-12-24(20(25)19-15(3)26-13-22-19)10-4-9-23(18)11-16-5-7-17(21)8-6-16/h5-8,13-14,18H,4,9-12H2,1-3H3. The van der Waals surface area contributed by atoms with Crippen molar-refractivity contribution in [2.75, 3.05) is 19.6 Å². The lowest BCUT2D eigenvalue weighted by Gasteiger charge is -2.34. The highest BCUT2D eigenvalue weighted by atomic mass is 19.1. The summed E-state index contributed by atoms with van der Waals surface area (Å²) < 4.78 is 18.4. The van der Waals surface area contributed by atoms with Crippen LogP contribution in [0, 0.1) is 18.7 Å². The molecule has 1 aliphatic rings. The van der Waals surface area contributed by atoms with E-state index in [0.717, 1.165) is 25.1 Å². The maximum atomic E-state index is 13.2. The van der Waals surface area contributed by atoms with Gasteiger partial charge in [0.1, 0.15) is 11.6 Å². The van der Waals surface area contributed by atoms with Crippen LogP contribution in [0.3, 0.4) is 0 Å². The number of rotatable bonds is 4. The van der Waals surface area contributed by atoms with E-state index in [2.05, 4.69) is 23.7 Å². The molecule has 1 unspecified atom stereocenters. The van der Waals surface area contributed by atoms with Crippen LogP contribution in [0.4, 0.5) is 4.39 Å². The van der Waals surface area contributed by atoms with Gasteiger partial charge in [0.05, 0.1) is 0 Å². The predicted octanol–water partition coefficient (Wildman–Crippen LogP) is 3.49. The minimum atomic E-state index is -0.218. The minimum Gasteiger partial charge on any atom is -0.448 e. The van der Waals surface area contributed by atoms with Crippen molar-refractivity contribution in [3.05, 3.63) is 53.5 Å². The Balaban J connectivity index is 1.76. The second-order valence-corrected chi connectivity index (χ2v) is 7.27. The fourth-order valence-corrected chi connectivity index (χ4v) is 3.56. The van der Waals surface area contributed by atoms with Crippen molar-refractivity contribution >= 4 is 5.91 Å². The minimum absolute atomic E-state index is 0.0643. The number of benzene rings is 1. The zero-order valence-electron chi connectivity index (χ0n) is 15.6. The molecule has 5 nitrogen and oxygen atoms in total. The van der Waals surface area contributed by atoms with Gasteiger partial charge in [-0.05, 0) is 37.0 Å². The van der Waals surface area contributed by atoms with Gasteiger partial charge in [0, 0.05) is 32.2 Å². The van der Waals surface area contributed by atoms with E-state index in [1.165, 1.54) is 18.5 Å². The van der Waals surface area contributed by atoms with Gasteiger partial charge in [-0.25, -0.2) is 9.37 Å². The number of halogens is 1. The molecule has 1 fully saturated rings. The number of oxazole rings is 1. The molecule has 140 valence electrons. The van der Waals surface area contributed by atoms with Crippen LogP contribution in [0.25, 0.3) is 0 Å². The second kappa shape index (κ2) is 7.99. The number of nitrogens with zero attached hydrogens (tertiary/aromatic N) is 3. The lowest BCUT2D eigenvalue weighted by molar-refractivity contribution is 0.0695. The van der Waals surface area contributed by atoms with Crippen molar-refractivity contribution in [2.24, 2.45) is 5.92 Å². The summed E-state index contributed by atoms with van der Waals surface area (Å²) in [4.78, 5) is 21.2. The van der Waals surface area contributed by atoms with Crippen molar-refractivity contribution in [1.82, 2.24) is 14.8 Å². The maximum Gasteiger partial charge on any atom is 0.276 e. The van der Waals surface area contributed by atoms with Crippen LogP contribution in [-0.4, -0.2) is 46.4 Å². The van der Waals surface area contributed by atoms with Gasteiger partial charge >= 0.3 is 0 Å². The third-order valence-electron chi connectivity index (χ3n) is 5.05. The first kappa shape index (κ1) is 18.6. The second-order valence-electron chi connectivity index (χ2n) is 7.27. The molecular weight excluding hydrogens is 333 g/mol. The largest absolute Gasteiger partial charge is 0.448 e. The molecule has 2 heterocycles. The molecule has 0 bridgehead atoms. The van der Waals surface area contributed by atoms with Gasteiger partial charge in [0.25, 0.3) is 5.91 Å². The third-order valence-corrected chi connectivity index (χ3v) is 5.05. The molecule has 1 saturated heterocycles. The normalized spacial score (nSPS) is 19.0. The van der Waals surface area contributed by atoms with E-state index in [0.29, 0.717) is 30.5 Å². The molecule has 2 aromatic rings. The van der Waals surface area contributed by atoms with Gasteiger partial charge in [0.15, 0.2) is 12.1 Å². The molecular formula is C20H26FN3O2. The van der Waals surface area contributed by atoms with Crippen molar-refractivity contribution in [2.45, 2.75) is 39.8 Å². The van der Waals surface area contributed by atoms with Crippen LogP contribution in [0.15, 0.2) is 35.1 Å². The van der Waals surface area contributed by atoms with E-state index in [1.54, 1.807) is 6.92 Å². The summed E-state index contributed by atoms with van der Waals surface area (Å²) in [6.07, 6.45) is 2.22. The molecule has 1 aromatic carbocycles. The summed E-state index contributed by atoms with van der Waals surface area (Å²) in [5.74, 6) is 0.668. The van der Waals surface area contributed by atoms with Crippen LogP contribution in [0.5, 0.6) is 0 Å². The smallest absolute Gasteiger partial charge is 0.276 e. The van der Waals surface area contributed by atoms with E-state index in [-0.39, 0.29) is 17.8 Å². The summed E-state index contributed by atoms with van der Waals surface area (Å²) in [7, 11) is 0. The Morgan fingerprint density at radius 3 is 2.65 bits per heavy atom. The molecule has 1 aliphatic heterocycles. The Kier molecular flexibility index (Phi) is 5.71. The molecule has 0 N–H and O–H groups in total. The highest BCUT2D eigenvalue weighted by Gasteiger charge is 2.31. The summed E-state index contributed by atoms with van der Waals surface area (Å²) in [5, 5.41) is 0. The number of carbonyl (C=O) groups is 1. The first-order valence-electron chi connectivity index (χ1n) is 9.13. The van der Waals surface area contributed by atoms with Crippen molar-refractivity contribution in [3.8, 4) is 0 Å². The van der Waals surface area contributed by atoms with Crippen LogP contribution in [0.1, 0.15) is 42.1 Å². The van der Waals surface area contributed by atoms with Gasteiger partial charge in [0.2, 0.25) is 0 Å². The topological polar surface area (TPSA) is 49.6 Å². The van der Waals surface area contributed by atoms with Crippen LogP contribution in [-0.2, 0) is 6.54 Å². The van der Waals surface area contributed by atoms with Gasteiger partial charge in [-0.2, -0.15) is 0 Å². The van der Waals surface area contributed by atoms with E-state index < -0.39 is 0 Å². The van der Waals surface area contributed by atoms with Crippen LogP contribution in [0.2, 0.25) is 0 Å². The fraction of sp³-hybridized carbons (Fsp3) is 0.500. The van der Waals surface area contributed by atoms with Gasteiger partial charge in [-0.15, -0.1) is 0 Å². The molecule has 0 spiro atoms. The summed E-state index contributed by atoms with van der Waals surface area (Å²) in [6.45, 7) is 9.14. The van der Waals surface area contributed by atoms with Crippen LogP contribution >= 0.6 is 0 Å². The average molecular weight is 359 g/mol. The van der Waals surface area contributed by atoms with Gasteiger partial charge in [-0.3, -0.25) is 9.69 Å². The van der Waals surface area contributed by atoms with E-state index in [1.807, 2.05) is 17.0 Å². The third kappa shape index (κ3) is 4.12. The van der Waals surface area contributed by atoms with Gasteiger partial charge in [-0.1, -0.05) is 26.0 Å². The number of aromatic nitrogens is 1. The number of amides is 1. The molecule has 1 atom stereocenters. The Morgan fingerprint density at radius 2 is 2.04 bits per heavy atom. The van der Waals surface area contributed by atoms with Crippen LogP contribution < -0.4 is 0 Å². The van der Waals surface area contributed by atoms with E-state index >= 15 is 0 Å². The first-order valence-corrected chi connectivity index (χ1v) is 9.13. The quantitative estimate of drug-likeness (QED) is 0.838. The molecule has 0 radical (unpaired) electrons. The van der Waals surface area contributed by atoms with E-state index in [4.69, 9.17) is 4.42 Å². The summed E-state index contributed by atoms with van der Waals surface area (Å²) in [6, 6.07) is 6.90.